The predicted molar refractivity (Wildman–Crippen MR) is 90.7 cm³/mol. The van der Waals surface area contributed by atoms with Crippen LogP contribution in [0.2, 0.25) is 0 Å². The second-order valence-corrected chi connectivity index (χ2v) is 6.55. The minimum Gasteiger partial charge on any atom is -0.480 e. The van der Waals surface area contributed by atoms with Crippen LogP contribution in [0.5, 0.6) is 0 Å². The second-order valence-electron chi connectivity index (χ2n) is 6.11. The summed E-state index contributed by atoms with van der Waals surface area (Å²) in [5.74, 6) is -0.757. The lowest BCUT2D eigenvalue weighted by Crippen LogP contribution is -2.55. The molecule has 1 aliphatic carbocycles. The highest BCUT2D eigenvalue weighted by atomic mass is 32.1. The first-order chi connectivity index (χ1) is 10.5. The quantitative estimate of drug-likeness (QED) is 0.787. The minimum atomic E-state index is -1.37. The van der Waals surface area contributed by atoms with E-state index in [4.69, 9.17) is 18.0 Å². The number of carboxylic acids is 1. The molecule has 0 saturated heterocycles. The first-order valence-electron chi connectivity index (χ1n) is 7.99. The molecular formula is C17H24N2O2S. The standard InChI is InChI=1S/C17H24N2O2S/c1-2-13(12-8-4-3-5-9-12)17(15(18)22,16(20)21)14-10-6-7-11-19-14/h6-7,10-13H,2-5,8-9H2,1H3,(H2,18,22)(H,20,21). The second kappa shape index (κ2) is 7.18. The maximum atomic E-state index is 12.3. The number of pyridine rings is 1. The lowest BCUT2D eigenvalue weighted by atomic mass is 9.62. The SMILES string of the molecule is CCC(C1CCCCC1)C(C(=O)O)(C(N)=S)c1ccccn1. The van der Waals surface area contributed by atoms with Crippen LogP contribution in [-0.2, 0) is 10.2 Å². The third-order valence-corrected chi connectivity index (χ3v) is 5.33. The molecule has 2 rings (SSSR count). The summed E-state index contributed by atoms with van der Waals surface area (Å²) >= 11 is 5.26. The molecular weight excluding hydrogens is 296 g/mol. The molecule has 1 aromatic heterocycles. The number of hydrogen-bond donors (Lipinski definition) is 2. The van der Waals surface area contributed by atoms with Crippen LogP contribution >= 0.6 is 12.2 Å². The largest absolute Gasteiger partial charge is 0.480 e. The number of rotatable bonds is 6. The van der Waals surface area contributed by atoms with Gasteiger partial charge in [0.05, 0.1) is 10.7 Å². The van der Waals surface area contributed by atoms with E-state index in [2.05, 4.69) is 4.98 Å². The fourth-order valence-electron chi connectivity index (χ4n) is 4.00. The number of nitrogens with two attached hydrogens (primary N) is 1. The Balaban J connectivity index is 2.55. The maximum absolute atomic E-state index is 12.3. The number of hydrogen-bond acceptors (Lipinski definition) is 3. The molecule has 0 amide bonds. The summed E-state index contributed by atoms with van der Waals surface area (Å²) in [6.45, 7) is 2.03. The van der Waals surface area contributed by atoms with Crippen LogP contribution in [0, 0.1) is 11.8 Å². The number of aromatic nitrogens is 1. The van der Waals surface area contributed by atoms with Gasteiger partial charge in [-0.25, -0.2) is 0 Å². The van der Waals surface area contributed by atoms with E-state index in [0.29, 0.717) is 11.6 Å². The molecule has 2 atom stereocenters. The minimum absolute atomic E-state index is 0.0242. The normalized spacial score (nSPS) is 20.0. The maximum Gasteiger partial charge on any atom is 0.323 e. The van der Waals surface area contributed by atoms with E-state index in [1.807, 2.05) is 6.92 Å². The molecule has 0 radical (unpaired) electrons. The molecule has 0 aromatic carbocycles. The molecule has 120 valence electrons. The fraction of sp³-hybridized carbons (Fsp3) is 0.588. The first-order valence-corrected chi connectivity index (χ1v) is 8.40. The van der Waals surface area contributed by atoms with E-state index in [-0.39, 0.29) is 10.9 Å². The van der Waals surface area contributed by atoms with Crippen molar-refractivity contribution >= 4 is 23.2 Å². The number of carboxylic acid groups (broad SMARTS) is 1. The van der Waals surface area contributed by atoms with E-state index in [0.717, 1.165) is 32.1 Å². The molecule has 0 aliphatic heterocycles. The summed E-state index contributed by atoms with van der Waals surface area (Å²) in [6.07, 6.45) is 7.95. The van der Waals surface area contributed by atoms with Gasteiger partial charge in [0.15, 0.2) is 5.41 Å². The molecule has 1 aromatic rings. The van der Waals surface area contributed by atoms with E-state index >= 15 is 0 Å². The highest BCUT2D eigenvalue weighted by Crippen LogP contribution is 2.44. The van der Waals surface area contributed by atoms with E-state index in [1.54, 1.807) is 24.4 Å². The van der Waals surface area contributed by atoms with Gasteiger partial charge < -0.3 is 10.8 Å². The van der Waals surface area contributed by atoms with Crippen molar-refractivity contribution in [1.29, 1.82) is 0 Å². The third kappa shape index (κ3) is 2.86. The van der Waals surface area contributed by atoms with Crippen LogP contribution in [0.1, 0.15) is 51.1 Å². The summed E-state index contributed by atoms with van der Waals surface area (Å²) in [5, 5.41) is 10.1. The van der Waals surface area contributed by atoms with Crippen molar-refractivity contribution in [3.05, 3.63) is 30.1 Å². The zero-order chi connectivity index (χ0) is 16.2. The van der Waals surface area contributed by atoms with Gasteiger partial charge in [-0.2, -0.15) is 0 Å². The van der Waals surface area contributed by atoms with Gasteiger partial charge in [0, 0.05) is 6.20 Å². The fourth-order valence-corrected chi connectivity index (χ4v) is 4.34. The summed E-state index contributed by atoms with van der Waals surface area (Å²) in [4.78, 5) is 16.6. The average Bonchev–Trinajstić information content (AvgIpc) is 2.53. The smallest absolute Gasteiger partial charge is 0.323 e. The lowest BCUT2D eigenvalue weighted by Gasteiger charge is -2.41. The number of carbonyl (C=O) groups is 1. The molecule has 22 heavy (non-hydrogen) atoms. The van der Waals surface area contributed by atoms with Crippen molar-refractivity contribution in [3.8, 4) is 0 Å². The van der Waals surface area contributed by atoms with Crippen molar-refractivity contribution in [2.75, 3.05) is 0 Å². The van der Waals surface area contributed by atoms with Gasteiger partial charge in [-0.05, 0) is 24.0 Å². The summed E-state index contributed by atoms with van der Waals surface area (Å²) in [6, 6.07) is 5.31. The molecule has 3 N–H and O–H groups in total. The Hall–Kier alpha value is -1.49. The van der Waals surface area contributed by atoms with E-state index in [1.165, 1.54) is 6.42 Å². The van der Waals surface area contributed by atoms with Crippen LogP contribution in [0.15, 0.2) is 24.4 Å². The summed E-state index contributed by atoms with van der Waals surface area (Å²) in [5.41, 5.74) is 5.10. The average molecular weight is 320 g/mol. The number of thiocarbonyl (C=S) groups is 1. The Bertz CT molecular complexity index is 513. The van der Waals surface area contributed by atoms with Gasteiger partial charge in [0.1, 0.15) is 0 Å². The molecule has 1 heterocycles. The molecule has 1 fully saturated rings. The number of aliphatic carboxylic acids is 1. The van der Waals surface area contributed by atoms with Crippen molar-refractivity contribution in [2.45, 2.75) is 50.9 Å². The lowest BCUT2D eigenvalue weighted by molar-refractivity contribution is -0.144. The van der Waals surface area contributed by atoms with Crippen molar-refractivity contribution in [1.82, 2.24) is 4.98 Å². The van der Waals surface area contributed by atoms with Crippen LogP contribution in [0.4, 0.5) is 0 Å². The molecule has 2 unspecified atom stereocenters. The monoisotopic (exact) mass is 320 g/mol. The third-order valence-electron chi connectivity index (χ3n) is 5.01. The zero-order valence-corrected chi connectivity index (χ0v) is 13.8. The molecule has 5 heteroatoms. The van der Waals surface area contributed by atoms with Crippen LogP contribution < -0.4 is 5.73 Å². The zero-order valence-electron chi connectivity index (χ0n) is 13.0. The molecule has 0 bridgehead atoms. The van der Waals surface area contributed by atoms with Gasteiger partial charge in [0.25, 0.3) is 0 Å². The Labute approximate surface area is 137 Å². The van der Waals surface area contributed by atoms with E-state index < -0.39 is 11.4 Å². The van der Waals surface area contributed by atoms with Gasteiger partial charge in [-0.3, -0.25) is 9.78 Å². The van der Waals surface area contributed by atoms with Gasteiger partial charge in [-0.15, -0.1) is 0 Å². The Morgan fingerprint density at radius 3 is 2.59 bits per heavy atom. The summed E-state index contributed by atoms with van der Waals surface area (Å²) in [7, 11) is 0. The Morgan fingerprint density at radius 2 is 2.14 bits per heavy atom. The van der Waals surface area contributed by atoms with Crippen molar-refractivity contribution in [2.24, 2.45) is 17.6 Å². The van der Waals surface area contributed by atoms with Crippen LogP contribution in [0.3, 0.4) is 0 Å². The van der Waals surface area contributed by atoms with Crippen molar-refractivity contribution < 1.29 is 9.90 Å². The van der Waals surface area contributed by atoms with Gasteiger partial charge in [0.2, 0.25) is 0 Å². The molecule has 0 spiro atoms. The van der Waals surface area contributed by atoms with Gasteiger partial charge >= 0.3 is 5.97 Å². The Morgan fingerprint density at radius 1 is 1.45 bits per heavy atom. The Kier molecular flexibility index (Phi) is 5.51. The topological polar surface area (TPSA) is 76.2 Å². The molecule has 1 saturated carbocycles. The highest BCUT2D eigenvalue weighted by molar-refractivity contribution is 7.80. The van der Waals surface area contributed by atoms with Crippen molar-refractivity contribution in [3.63, 3.8) is 0 Å². The van der Waals surface area contributed by atoms with Crippen LogP contribution in [0.25, 0.3) is 0 Å². The number of nitrogens with zero attached hydrogens (tertiary/aromatic N) is 1. The predicted octanol–water partition coefficient (Wildman–Crippen LogP) is 3.30. The van der Waals surface area contributed by atoms with E-state index in [9.17, 15) is 9.90 Å². The molecule has 1 aliphatic rings. The summed E-state index contributed by atoms with van der Waals surface area (Å²) < 4.78 is 0. The highest BCUT2D eigenvalue weighted by Gasteiger charge is 2.53. The van der Waals surface area contributed by atoms with Crippen LogP contribution in [-0.4, -0.2) is 21.0 Å². The van der Waals surface area contributed by atoms with Gasteiger partial charge in [-0.1, -0.05) is 63.7 Å². The molecule has 4 nitrogen and oxygen atoms in total. The first kappa shape index (κ1) is 16.9.